The van der Waals surface area contributed by atoms with Gasteiger partial charge in [-0.05, 0) is 54.8 Å². The van der Waals surface area contributed by atoms with E-state index in [1.54, 1.807) is 18.7 Å². The number of carbonyl (C=O) groups excluding carboxylic acids is 2. The highest BCUT2D eigenvalue weighted by molar-refractivity contribution is 8.13. The highest BCUT2D eigenvalue weighted by Gasteiger charge is 2.38. The summed E-state index contributed by atoms with van der Waals surface area (Å²) in [5, 5.41) is 5.91. The lowest BCUT2D eigenvalue weighted by Crippen LogP contribution is -2.42. The number of amides is 1. The molecule has 0 aliphatic carbocycles. The standard InChI is InChI=1S/C28H27N3O3S/c1-3-34-27(33)24-18(2)29-28-31(15-8-16-35-28)25(24)20-11-6-12-21(17-20)30-26(32)23-14-7-10-19-9-4-5-13-22(19)23/h4-7,9-14,17,25H,3,8,15-16H2,1-2H3,(H,30,32). The van der Waals surface area contributed by atoms with Crippen LogP contribution in [0.5, 0.6) is 0 Å². The molecule has 7 heteroatoms. The summed E-state index contributed by atoms with van der Waals surface area (Å²) in [6, 6.07) is 21.0. The van der Waals surface area contributed by atoms with E-state index in [1.807, 2.05) is 73.7 Å². The SMILES string of the molecule is CCOC(=O)C1=C(C)N=C2SCCCN2C1c1cccc(NC(=O)c2cccc3ccccc23)c1. The molecule has 2 aliphatic heterocycles. The largest absolute Gasteiger partial charge is 0.463 e. The van der Waals surface area contributed by atoms with Crippen LogP contribution in [-0.2, 0) is 9.53 Å². The Hall–Kier alpha value is -3.58. The minimum absolute atomic E-state index is 0.171. The van der Waals surface area contributed by atoms with Gasteiger partial charge in [0, 0.05) is 23.5 Å². The van der Waals surface area contributed by atoms with Gasteiger partial charge in [0.2, 0.25) is 0 Å². The van der Waals surface area contributed by atoms with Crippen LogP contribution in [0, 0.1) is 0 Å². The molecule has 1 fully saturated rings. The fourth-order valence-electron chi connectivity index (χ4n) is 4.69. The van der Waals surface area contributed by atoms with Gasteiger partial charge in [0.05, 0.1) is 23.9 Å². The summed E-state index contributed by atoms with van der Waals surface area (Å²) >= 11 is 1.71. The molecular formula is C28H27N3O3S. The van der Waals surface area contributed by atoms with Crippen molar-refractivity contribution < 1.29 is 14.3 Å². The molecule has 1 amide bonds. The highest BCUT2D eigenvalue weighted by atomic mass is 32.2. The van der Waals surface area contributed by atoms with Crippen LogP contribution >= 0.6 is 11.8 Å². The lowest BCUT2D eigenvalue weighted by molar-refractivity contribution is -0.139. The fourth-order valence-corrected chi connectivity index (χ4v) is 5.71. The molecule has 5 rings (SSSR count). The molecule has 1 N–H and O–H groups in total. The summed E-state index contributed by atoms with van der Waals surface area (Å²) in [5.41, 5.74) is 3.44. The zero-order chi connectivity index (χ0) is 24.4. The van der Waals surface area contributed by atoms with Crippen molar-refractivity contribution in [2.24, 2.45) is 4.99 Å². The maximum atomic E-state index is 13.2. The average molecular weight is 486 g/mol. The van der Waals surface area contributed by atoms with Gasteiger partial charge in [-0.15, -0.1) is 0 Å². The predicted molar refractivity (Wildman–Crippen MR) is 142 cm³/mol. The third-order valence-corrected chi connectivity index (χ3v) is 7.33. The molecule has 1 unspecified atom stereocenters. The Morgan fingerprint density at radius 3 is 2.77 bits per heavy atom. The first-order chi connectivity index (χ1) is 17.1. The molecule has 0 saturated carbocycles. The van der Waals surface area contributed by atoms with E-state index in [0.717, 1.165) is 40.2 Å². The first kappa shape index (κ1) is 23.2. The van der Waals surface area contributed by atoms with Gasteiger partial charge in [-0.2, -0.15) is 0 Å². The van der Waals surface area contributed by atoms with Crippen LogP contribution in [0.2, 0.25) is 0 Å². The summed E-state index contributed by atoms with van der Waals surface area (Å²) in [6.07, 6.45) is 1.01. The number of aliphatic imine (C=N–C) groups is 1. The lowest BCUT2D eigenvalue weighted by atomic mass is 9.94. The van der Waals surface area contributed by atoms with Crippen molar-refractivity contribution in [1.29, 1.82) is 0 Å². The molecule has 0 bridgehead atoms. The molecule has 0 radical (unpaired) electrons. The first-order valence-corrected chi connectivity index (χ1v) is 12.8. The Morgan fingerprint density at radius 2 is 1.91 bits per heavy atom. The van der Waals surface area contributed by atoms with Crippen molar-refractivity contribution in [3.8, 4) is 0 Å². The number of fused-ring (bicyclic) bond motifs is 2. The molecule has 2 heterocycles. The second-order valence-corrected chi connectivity index (χ2v) is 9.58. The Morgan fingerprint density at radius 1 is 1.11 bits per heavy atom. The van der Waals surface area contributed by atoms with Crippen molar-refractivity contribution in [2.45, 2.75) is 26.3 Å². The van der Waals surface area contributed by atoms with E-state index < -0.39 is 0 Å². The monoisotopic (exact) mass is 485 g/mol. The summed E-state index contributed by atoms with van der Waals surface area (Å²) in [4.78, 5) is 33.1. The number of esters is 1. The number of benzene rings is 3. The summed E-state index contributed by atoms with van der Waals surface area (Å²) in [6.45, 7) is 4.78. The van der Waals surface area contributed by atoms with Gasteiger partial charge in [-0.1, -0.05) is 60.3 Å². The number of carbonyl (C=O) groups is 2. The van der Waals surface area contributed by atoms with E-state index in [2.05, 4.69) is 10.2 Å². The predicted octanol–water partition coefficient (Wildman–Crippen LogP) is 5.78. The Kier molecular flexibility index (Phi) is 6.59. The third kappa shape index (κ3) is 4.56. The van der Waals surface area contributed by atoms with Crippen LogP contribution < -0.4 is 5.32 Å². The number of nitrogens with zero attached hydrogens (tertiary/aromatic N) is 2. The van der Waals surface area contributed by atoms with Gasteiger partial charge in [0.25, 0.3) is 5.91 Å². The van der Waals surface area contributed by atoms with Crippen LogP contribution in [0.3, 0.4) is 0 Å². The molecule has 0 aromatic heterocycles. The van der Waals surface area contributed by atoms with Crippen LogP contribution in [0.4, 0.5) is 5.69 Å². The van der Waals surface area contributed by atoms with Gasteiger partial charge >= 0.3 is 5.97 Å². The minimum Gasteiger partial charge on any atom is -0.463 e. The maximum Gasteiger partial charge on any atom is 0.338 e. The molecule has 178 valence electrons. The van der Waals surface area contributed by atoms with E-state index in [0.29, 0.717) is 29.1 Å². The van der Waals surface area contributed by atoms with Crippen molar-refractivity contribution in [3.05, 3.63) is 89.1 Å². The summed E-state index contributed by atoms with van der Waals surface area (Å²) < 4.78 is 5.41. The molecule has 0 spiro atoms. The van der Waals surface area contributed by atoms with Crippen molar-refractivity contribution in [2.75, 3.05) is 24.2 Å². The number of allylic oxidation sites excluding steroid dienone is 1. The van der Waals surface area contributed by atoms with Crippen LogP contribution in [0.25, 0.3) is 10.8 Å². The van der Waals surface area contributed by atoms with Gasteiger partial charge < -0.3 is 15.0 Å². The Bertz CT molecular complexity index is 1360. The topological polar surface area (TPSA) is 71.0 Å². The summed E-state index contributed by atoms with van der Waals surface area (Å²) in [5.74, 6) is 0.486. The van der Waals surface area contributed by atoms with Gasteiger partial charge in [0.15, 0.2) is 5.17 Å². The van der Waals surface area contributed by atoms with Crippen LogP contribution in [0.1, 0.15) is 42.2 Å². The zero-order valence-electron chi connectivity index (χ0n) is 19.8. The number of hydrogen-bond donors (Lipinski definition) is 1. The number of rotatable bonds is 5. The number of hydrogen-bond acceptors (Lipinski definition) is 6. The van der Waals surface area contributed by atoms with Crippen molar-refractivity contribution in [3.63, 3.8) is 0 Å². The molecule has 3 aromatic carbocycles. The van der Waals surface area contributed by atoms with Crippen molar-refractivity contribution >= 4 is 45.3 Å². The van der Waals surface area contributed by atoms with E-state index in [9.17, 15) is 9.59 Å². The number of ether oxygens (including phenoxy) is 1. The highest BCUT2D eigenvalue weighted by Crippen LogP contribution is 2.40. The third-order valence-electron chi connectivity index (χ3n) is 6.25. The van der Waals surface area contributed by atoms with Gasteiger partial charge in [-0.3, -0.25) is 4.79 Å². The van der Waals surface area contributed by atoms with Gasteiger partial charge in [-0.25, -0.2) is 9.79 Å². The number of anilines is 1. The molecule has 1 saturated heterocycles. The Balaban J connectivity index is 1.49. The maximum absolute atomic E-state index is 13.2. The zero-order valence-corrected chi connectivity index (χ0v) is 20.6. The molecule has 3 aromatic rings. The smallest absolute Gasteiger partial charge is 0.338 e. The minimum atomic E-state index is -0.349. The van der Waals surface area contributed by atoms with Crippen LogP contribution in [0.15, 0.2) is 83.0 Å². The molecule has 35 heavy (non-hydrogen) atoms. The molecule has 2 aliphatic rings. The van der Waals surface area contributed by atoms with E-state index >= 15 is 0 Å². The van der Waals surface area contributed by atoms with Gasteiger partial charge in [0.1, 0.15) is 0 Å². The second-order valence-electron chi connectivity index (χ2n) is 8.52. The molecular weight excluding hydrogens is 458 g/mol. The summed E-state index contributed by atoms with van der Waals surface area (Å²) in [7, 11) is 0. The van der Waals surface area contributed by atoms with Crippen LogP contribution in [-0.4, -0.2) is 40.8 Å². The van der Waals surface area contributed by atoms with E-state index in [1.165, 1.54) is 0 Å². The quantitative estimate of drug-likeness (QED) is 0.464. The van der Waals surface area contributed by atoms with E-state index in [4.69, 9.17) is 9.73 Å². The number of amidine groups is 1. The van der Waals surface area contributed by atoms with Crippen molar-refractivity contribution in [1.82, 2.24) is 4.90 Å². The molecule has 1 atom stereocenters. The number of nitrogens with one attached hydrogen (secondary N) is 1. The second kappa shape index (κ2) is 9.96. The molecule has 6 nitrogen and oxygen atoms in total. The fraction of sp³-hybridized carbons (Fsp3) is 0.250. The Labute approximate surface area is 209 Å². The van der Waals surface area contributed by atoms with E-state index in [-0.39, 0.29) is 17.9 Å². The first-order valence-electron chi connectivity index (χ1n) is 11.8. The average Bonchev–Trinajstić information content (AvgIpc) is 2.87. The lowest BCUT2D eigenvalue weighted by Gasteiger charge is -2.40. The normalized spacial score (nSPS) is 17.6. The number of thioether (sulfide) groups is 1.